The van der Waals surface area contributed by atoms with Gasteiger partial charge in [-0.25, -0.2) is 0 Å². The van der Waals surface area contributed by atoms with Gasteiger partial charge in [-0.2, -0.15) is 0 Å². The van der Waals surface area contributed by atoms with Gasteiger partial charge in [-0.3, -0.25) is 4.79 Å². The number of fused-ring (bicyclic) bond motifs is 1. The maximum atomic E-state index is 10.9. The van der Waals surface area contributed by atoms with Gasteiger partial charge in [0.25, 0.3) is 0 Å². The third-order valence-corrected chi connectivity index (χ3v) is 2.72. The largest absolute Gasteiger partial charge is 0.469 e. The van der Waals surface area contributed by atoms with Gasteiger partial charge in [0.1, 0.15) is 0 Å². The first-order valence-corrected chi connectivity index (χ1v) is 5.64. The lowest BCUT2D eigenvalue weighted by Gasteiger charge is -2.02. The molecule has 0 aliphatic carbocycles. The Kier molecular flexibility index (Phi) is 3.77. The van der Waals surface area contributed by atoms with Crippen molar-refractivity contribution in [2.75, 3.05) is 13.7 Å². The van der Waals surface area contributed by atoms with Crippen molar-refractivity contribution in [2.24, 2.45) is 0 Å². The van der Waals surface area contributed by atoms with Crippen molar-refractivity contribution >= 4 is 16.9 Å². The van der Waals surface area contributed by atoms with Crippen LogP contribution in [0.15, 0.2) is 30.5 Å². The quantitative estimate of drug-likeness (QED) is 0.610. The molecule has 2 aromatic rings. The van der Waals surface area contributed by atoms with Crippen molar-refractivity contribution in [3.8, 4) is 0 Å². The molecule has 0 radical (unpaired) electrons. The van der Waals surface area contributed by atoms with E-state index >= 15 is 0 Å². The van der Waals surface area contributed by atoms with Crippen molar-refractivity contribution in [1.82, 2.24) is 10.3 Å². The first-order chi connectivity index (χ1) is 8.31. The standard InChI is InChI=1S/C13H16N2O2/c1-17-13(16)6-7-14-8-10-9-15-12-5-3-2-4-11(10)12/h2-5,9,14-15H,6-8H2,1H3. The molecule has 0 fully saturated rings. The predicted octanol–water partition coefficient (Wildman–Crippen LogP) is 1.82. The topological polar surface area (TPSA) is 54.1 Å². The maximum absolute atomic E-state index is 10.9. The van der Waals surface area contributed by atoms with Gasteiger partial charge in [-0.1, -0.05) is 18.2 Å². The van der Waals surface area contributed by atoms with Crippen LogP contribution in [0.1, 0.15) is 12.0 Å². The molecule has 1 aromatic heterocycles. The van der Waals surface area contributed by atoms with E-state index in [2.05, 4.69) is 21.1 Å². The summed E-state index contributed by atoms with van der Waals surface area (Å²) in [6, 6.07) is 8.16. The number of aromatic nitrogens is 1. The van der Waals surface area contributed by atoms with Crippen LogP contribution in [-0.4, -0.2) is 24.6 Å². The molecule has 4 heteroatoms. The van der Waals surface area contributed by atoms with Crippen molar-refractivity contribution in [3.05, 3.63) is 36.0 Å². The number of hydrogen-bond donors (Lipinski definition) is 2. The summed E-state index contributed by atoms with van der Waals surface area (Å²) in [7, 11) is 1.40. The molecule has 0 atom stereocenters. The number of rotatable bonds is 5. The van der Waals surface area contributed by atoms with Gasteiger partial charge in [0, 0.05) is 30.2 Å². The molecule has 0 aliphatic heterocycles. The van der Waals surface area contributed by atoms with Gasteiger partial charge >= 0.3 is 5.97 Å². The van der Waals surface area contributed by atoms with E-state index < -0.39 is 0 Å². The zero-order valence-electron chi connectivity index (χ0n) is 9.82. The molecule has 0 amide bonds. The Balaban J connectivity index is 1.89. The number of para-hydroxylation sites is 1. The number of hydrogen-bond acceptors (Lipinski definition) is 3. The Bertz CT molecular complexity index is 505. The first kappa shape index (κ1) is 11.7. The molecule has 1 aromatic carbocycles. The lowest BCUT2D eigenvalue weighted by molar-refractivity contribution is -0.140. The third kappa shape index (κ3) is 2.85. The lowest BCUT2D eigenvalue weighted by atomic mass is 10.2. The highest BCUT2D eigenvalue weighted by atomic mass is 16.5. The fourth-order valence-corrected chi connectivity index (χ4v) is 1.79. The molecular formula is C13H16N2O2. The molecule has 0 aliphatic rings. The molecule has 17 heavy (non-hydrogen) atoms. The average molecular weight is 232 g/mol. The first-order valence-electron chi connectivity index (χ1n) is 5.64. The number of carbonyl (C=O) groups is 1. The average Bonchev–Trinajstić information content (AvgIpc) is 2.78. The van der Waals surface area contributed by atoms with Crippen LogP contribution >= 0.6 is 0 Å². The third-order valence-electron chi connectivity index (χ3n) is 2.72. The predicted molar refractivity (Wildman–Crippen MR) is 66.6 cm³/mol. The number of esters is 1. The molecule has 0 spiro atoms. The number of ether oxygens (including phenoxy) is 1. The van der Waals surface area contributed by atoms with Crippen molar-refractivity contribution in [3.63, 3.8) is 0 Å². The maximum Gasteiger partial charge on any atom is 0.306 e. The Labute approximate surface area is 100.0 Å². The van der Waals surface area contributed by atoms with E-state index in [4.69, 9.17) is 0 Å². The number of carbonyl (C=O) groups excluding carboxylic acids is 1. The van der Waals surface area contributed by atoms with Gasteiger partial charge in [-0.15, -0.1) is 0 Å². The van der Waals surface area contributed by atoms with Gasteiger partial charge in [-0.05, 0) is 11.6 Å². The number of aromatic amines is 1. The second kappa shape index (κ2) is 5.50. The van der Waals surface area contributed by atoms with E-state index in [0.29, 0.717) is 13.0 Å². The van der Waals surface area contributed by atoms with Crippen LogP contribution in [0.5, 0.6) is 0 Å². The summed E-state index contributed by atoms with van der Waals surface area (Å²) in [5.74, 6) is -0.184. The van der Waals surface area contributed by atoms with E-state index in [1.54, 1.807) is 0 Å². The van der Waals surface area contributed by atoms with E-state index in [9.17, 15) is 4.79 Å². The number of nitrogens with one attached hydrogen (secondary N) is 2. The van der Waals surface area contributed by atoms with Gasteiger partial charge < -0.3 is 15.0 Å². The van der Waals surface area contributed by atoms with Crippen LogP contribution in [0.2, 0.25) is 0 Å². The SMILES string of the molecule is COC(=O)CCNCc1c[nH]c2ccccc12. The molecule has 0 bridgehead atoms. The van der Waals surface area contributed by atoms with Crippen molar-refractivity contribution in [1.29, 1.82) is 0 Å². The van der Waals surface area contributed by atoms with Crippen LogP contribution in [0.25, 0.3) is 10.9 Å². The summed E-state index contributed by atoms with van der Waals surface area (Å²) in [5.41, 5.74) is 2.35. The summed E-state index contributed by atoms with van der Waals surface area (Å²) in [6.07, 6.45) is 2.40. The summed E-state index contributed by atoms with van der Waals surface area (Å²) in [6.45, 7) is 1.38. The second-order valence-corrected chi connectivity index (χ2v) is 3.86. The number of methoxy groups -OCH3 is 1. The second-order valence-electron chi connectivity index (χ2n) is 3.86. The summed E-state index contributed by atoms with van der Waals surface area (Å²) < 4.78 is 4.57. The van der Waals surface area contributed by atoms with Gasteiger partial charge in [0.05, 0.1) is 13.5 Å². The molecule has 0 unspecified atom stereocenters. The monoisotopic (exact) mass is 232 g/mol. The molecule has 90 valence electrons. The van der Waals surface area contributed by atoms with E-state index in [0.717, 1.165) is 12.1 Å². The molecular weight excluding hydrogens is 216 g/mol. The number of benzene rings is 1. The zero-order valence-corrected chi connectivity index (χ0v) is 9.82. The Hall–Kier alpha value is -1.81. The molecule has 0 saturated carbocycles. The highest BCUT2D eigenvalue weighted by molar-refractivity contribution is 5.82. The lowest BCUT2D eigenvalue weighted by Crippen LogP contribution is -2.18. The molecule has 4 nitrogen and oxygen atoms in total. The fraction of sp³-hybridized carbons (Fsp3) is 0.308. The highest BCUT2D eigenvalue weighted by Gasteiger charge is 2.03. The Morgan fingerprint density at radius 1 is 1.41 bits per heavy atom. The minimum Gasteiger partial charge on any atom is -0.469 e. The fourth-order valence-electron chi connectivity index (χ4n) is 1.79. The summed E-state index contributed by atoms with van der Waals surface area (Å²) in [5, 5.41) is 4.44. The van der Waals surface area contributed by atoms with Gasteiger partial charge in [0.2, 0.25) is 0 Å². The summed E-state index contributed by atoms with van der Waals surface area (Å²) in [4.78, 5) is 14.1. The number of H-pyrrole nitrogens is 1. The normalized spacial score (nSPS) is 10.6. The molecule has 2 rings (SSSR count). The smallest absolute Gasteiger partial charge is 0.306 e. The zero-order chi connectivity index (χ0) is 12.1. The van der Waals surface area contributed by atoms with Crippen LogP contribution in [0.3, 0.4) is 0 Å². The van der Waals surface area contributed by atoms with E-state index in [1.165, 1.54) is 18.1 Å². The van der Waals surface area contributed by atoms with Crippen LogP contribution in [0.4, 0.5) is 0 Å². The Morgan fingerprint density at radius 2 is 2.24 bits per heavy atom. The van der Waals surface area contributed by atoms with E-state index in [1.807, 2.05) is 24.4 Å². The van der Waals surface area contributed by atoms with Crippen LogP contribution in [0, 0.1) is 0 Å². The van der Waals surface area contributed by atoms with Crippen molar-refractivity contribution < 1.29 is 9.53 Å². The van der Waals surface area contributed by atoms with Gasteiger partial charge in [0.15, 0.2) is 0 Å². The molecule has 2 N–H and O–H groups in total. The molecule has 1 heterocycles. The Morgan fingerprint density at radius 3 is 3.06 bits per heavy atom. The summed E-state index contributed by atoms with van der Waals surface area (Å²) >= 11 is 0. The minimum absolute atomic E-state index is 0.184. The van der Waals surface area contributed by atoms with Crippen LogP contribution in [-0.2, 0) is 16.1 Å². The van der Waals surface area contributed by atoms with Crippen molar-refractivity contribution in [2.45, 2.75) is 13.0 Å². The minimum atomic E-state index is -0.184. The van der Waals surface area contributed by atoms with E-state index in [-0.39, 0.29) is 5.97 Å². The van der Waals surface area contributed by atoms with Crippen LogP contribution < -0.4 is 5.32 Å². The molecule has 0 saturated heterocycles. The highest BCUT2D eigenvalue weighted by Crippen LogP contribution is 2.17.